The summed E-state index contributed by atoms with van der Waals surface area (Å²) in [7, 11) is 0. The van der Waals surface area contributed by atoms with Crippen LogP contribution in [0.2, 0.25) is 0 Å². The number of aliphatic carboxylic acids is 1. The lowest BCUT2D eigenvalue weighted by Gasteiger charge is -2.22. The molecule has 1 N–H and O–H groups in total. The highest BCUT2D eigenvalue weighted by atomic mass is 19.2. The Kier molecular flexibility index (Phi) is 6.41. The molecule has 3 aromatic rings. The van der Waals surface area contributed by atoms with E-state index in [-0.39, 0.29) is 16.9 Å². The van der Waals surface area contributed by atoms with Crippen LogP contribution in [0.4, 0.5) is 8.78 Å². The number of hydrogen-bond acceptors (Lipinski definition) is 3. The van der Waals surface area contributed by atoms with Crippen molar-refractivity contribution in [2.24, 2.45) is 0 Å². The van der Waals surface area contributed by atoms with Gasteiger partial charge in [-0.2, -0.15) is 0 Å². The van der Waals surface area contributed by atoms with Crippen LogP contribution in [0.1, 0.15) is 21.5 Å². The number of nitrogens with zero attached hydrogens (tertiary/aromatic N) is 1. The van der Waals surface area contributed by atoms with Gasteiger partial charge in [-0.3, -0.25) is 9.59 Å². The van der Waals surface area contributed by atoms with E-state index < -0.39 is 36.6 Å². The van der Waals surface area contributed by atoms with Gasteiger partial charge in [0, 0.05) is 12.1 Å². The van der Waals surface area contributed by atoms with Crippen LogP contribution in [-0.4, -0.2) is 28.4 Å². The first-order chi connectivity index (χ1) is 14.3. The number of carboxylic acid groups (broad SMARTS) is 1. The van der Waals surface area contributed by atoms with Crippen molar-refractivity contribution in [2.75, 3.05) is 6.54 Å². The third-order valence-electron chi connectivity index (χ3n) is 4.37. The first-order valence-corrected chi connectivity index (χ1v) is 9.12. The Morgan fingerprint density at radius 3 is 2.37 bits per heavy atom. The lowest BCUT2D eigenvalue weighted by molar-refractivity contribution is -0.137. The molecule has 0 radical (unpaired) electrons. The Morgan fingerprint density at radius 1 is 0.967 bits per heavy atom. The number of ether oxygens (including phenoxy) is 1. The summed E-state index contributed by atoms with van der Waals surface area (Å²) < 4.78 is 33.4. The van der Waals surface area contributed by atoms with Gasteiger partial charge in [-0.25, -0.2) is 8.78 Å². The van der Waals surface area contributed by atoms with Crippen LogP contribution in [0.5, 0.6) is 11.5 Å². The molecule has 0 bridgehead atoms. The van der Waals surface area contributed by atoms with Crippen molar-refractivity contribution < 1.29 is 28.2 Å². The van der Waals surface area contributed by atoms with Gasteiger partial charge in [0.05, 0.1) is 5.56 Å². The fourth-order valence-electron chi connectivity index (χ4n) is 2.87. The minimum absolute atomic E-state index is 0.108. The Balaban J connectivity index is 1.91. The van der Waals surface area contributed by atoms with Gasteiger partial charge in [-0.15, -0.1) is 0 Å². The topological polar surface area (TPSA) is 66.8 Å². The van der Waals surface area contributed by atoms with Crippen molar-refractivity contribution in [1.82, 2.24) is 4.90 Å². The molecule has 0 fully saturated rings. The third-order valence-corrected chi connectivity index (χ3v) is 4.37. The first-order valence-electron chi connectivity index (χ1n) is 9.12. The van der Waals surface area contributed by atoms with Gasteiger partial charge in [0.2, 0.25) is 0 Å². The zero-order chi connectivity index (χ0) is 21.7. The van der Waals surface area contributed by atoms with Crippen molar-refractivity contribution in [3.63, 3.8) is 0 Å². The summed E-state index contributed by atoms with van der Waals surface area (Å²) in [4.78, 5) is 25.3. The molecule has 0 saturated carbocycles. The first kappa shape index (κ1) is 21.0. The fourth-order valence-corrected chi connectivity index (χ4v) is 2.87. The van der Waals surface area contributed by atoms with Gasteiger partial charge in [0.15, 0.2) is 11.6 Å². The van der Waals surface area contributed by atoms with Crippen molar-refractivity contribution in [3.05, 3.63) is 95.1 Å². The summed E-state index contributed by atoms with van der Waals surface area (Å²) in [5.41, 5.74) is 1.02. The van der Waals surface area contributed by atoms with Gasteiger partial charge in [0.25, 0.3) is 5.91 Å². The van der Waals surface area contributed by atoms with E-state index in [0.29, 0.717) is 5.75 Å². The molecule has 30 heavy (non-hydrogen) atoms. The summed E-state index contributed by atoms with van der Waals surface area (Å²) >= 11 is 0. The van der Waals surface area contributed by atoms with E-state index in [2.05, 4.69) is 0 Å². The number of rotatable bonds is 7. The van der Waals surface area contributed by atoms with Crippen molar-refractivity contribution in [3.8, 4) is 11.5 Å². The molecule has 0 atom stereocenters. The molecule has 3 rings (SSSR count). The molecule has 0 aliphatic carbocycles. The molecule has 0 spiro atoms. The molecule has 5 nitrogen and oxygen atoms in total. The van der Waals surface area contributed by atoms with Gasteiger partial charge < -0.3 is 14.7 Å². The highest BCUT2D eigenvalue weighted by Crippen LogP contribution is 2.27. The number of aryl methyl sites for hydroxylation is 1. The van der Waals surface area contributed by atoms with Crippen LogP contribution in [0.15, 0.2) is 66.7 Å². The van der Waals surface area contributed by atoms with Gasteiger partial charge in [-0.05, 0) is 37.3 Å². The second-order valence-electron chi connectivity index (χ2n) is 6.68. The van der Waals surface area contributed by atoms with Crippen LogP contribution < -0.4 is 4.74 Å². The van der Waals surface area contributed by atoms with E-state index in [1.54, 1.807) is 30.3 Å². The van der Waals surface area contributed by atoms with Crippen LogP contribution in [-0.2, 0) is 11.3 Å². The number of amides is 1. The molecule has 0 aliphatic rings. The number of carboxylic acids is 1. The van der Waals surface area contributed by atoms with Crippen molar-refractivity contribution >= 4 is 11.9 Å². The molecular weight excluding hydrogens is 392 g/mol. The zero-order valence-corrected chi connectivity index (χ0v) is 16.1. The minimum Gasteiger partial charge on any atom is -0.480 e. The molecule has 0 aliphatic heterocycles. The van der Waals surface area contributed by atoms with Crippen LogP contribution in [0.3, 0.4) is 0 Å². The van der Waals surface area contributed by atoms with Crippen LogP contribution in [0.25, 0.3) is 0 Å². The standard InChI is InChI=1S/C23H19F2NO4/c1-15-9-11-17(12-10-15)30-20-8-3-2-6-18(20)23(29)26(14-21(27)28)13-16-5-4-7-19(24)22(16)25/h2-12H,13-14H2,1H3,(H,27,28). The molecule has 3 aromatic carbocycles. The molecule has 0 aromatic heterocycles. The predicted molar refractivity (Wildman–Crippen MR) is 106 cm³/mol. The zero-order valence-electron chi connectivity index (χ0n) is 16.1. The Hall–Kier alpha value is -3.74. The quantitative estimate of drug-likeness (QED) is 0.607. The van der Waals surface area contributed by atoms with E-state index in [9.17, 15) is 23.5 Å². The summed E-state index contributed by atoms with van der Waals surface area (Å²) in [5.74, 6) is -3.42. The van der Waals surface area contributed by atoms with Crippen LogP contribution in [0, 0.1) is 18.6 Å². The molecular formula is C23H19F2NO4. The van der Waals surface area contributed by atoms with E-state index >= 15 is 0 Å². The fraction of sp³-hybridized carbons (Fsp3) is 0.130. The summed E-state index contributed by atoms with van der Waals surface area (Å²) in [6, 6.07) is 17.1. The maximum Gasteiger partial charge on any atom is 0.323 e. The molecule has 154 valence electrons. The van der Waals surface area contributed by atoms with Gasteiger partial charge in [-0.1, -0.05) is 42.0 Å². The lowest BCUT2D eigenvalue weighted by atomic mass is 10.1. The third kappa shape index (κ3) is 5.00. The Morgan fingerprint density at radius 2 is 1.67 bits per heavy atom. The SMILES string of the molecule is Cc1ccc(Oc2ccccc2C(=O)N(CC(=O)O)Cc2cccc(F)c2F)cc1. The number of benzene rings is 3. The Bertz CT molecular complexity index is 1070. The minimum atomic E-state index is -1.28. The summed E-state index contributed by atoms with van der Waals surface area (Å²) in [6.07, 6.45) is 0. The van der Waals surface area contributed by atoms with Crippen LogP contribution >= 0.6 is 0 Å². The number of halogens is 2. The maximum atomic E-state index is 14.1. The Labute approximate surface area is 172 Å². The van der Waals surface area contributed by atoms with Crippen molar-refractivity contribution in [1.29, 1.82) is 0 Å². The highest BCUT2D eigenvalue weighted by Gasteiger charge is 2.24. The smallest absolute Gasteiger partial charge is 0.323 e. The van der Waals surface area contributed by atoms with E-state index in [1.807, 2.05) is 19.1 Å². The lowest BCUT2D eigenvalue weighted by Crippen LogP contribution is -2.35. The highest BCUT2D eigenvalue weighted by molar-refractivity contribution is 5.98. The number of para-hydroxylation sites is 1. The average molecular weight is 411 g/mol. The van der Waals surface area contributed by atoms with E-state index in [4.69, 9.17) is 4.74 Å². The number of carbonyl (C=O) groups is 2. The number of hydrogen-bond donors (Lipinski definition) is 1. The second kappa shape index (κ2) is 9.17. The van der Waals surface area contributed by atoms with Gasteiger partial charge >= 0.3 is 5.97 Å². The predicted octanol–water partition coefficient (Wildman–Crippen LogP) is 4.79. The van der Waals surface area contributed by atoms with Gasteiger partial charge in [0.1, 0.15) is 18.0 Å². The van der Waals surface area contributed by atoms with E-state index in [1.165, 1.54) is 18.2 Å². The largest absolute Gasteiger partial charge is 0.480 e. The maximum absolute atomic E-state index is 14.1. The summed E-state index contributed by atoms with van der Waals surface area (Å²) in [5, 5.41) is 9.22. The van der Waals surface area contributed by atoms with E-state index in [0.717, 1.165) is 16.5 Å². The molecule has 0 heterocycles. The molecule has 0 unspecified atom stereocenters. The monoisotopic (exact) mass is 411 g/mol. The number of carbonyl (C=O) groups excluding carboxylic acids is 1. The molecule has 1 amide bonds. The molecule has 0 saturated heterocycles. The second-order valence-corrected chi connectivity index (χ2v) is 6.68. The average Bonchev–Trinajstić information content (AvgIpc) is 2.72. The normalized spacial score (nSPS) is 10.5. The van der Waals surface area contributed by atoms with Crippen molar-refractivity contribution in [2.45, 2.75) is 13.5 Å². The summed E-state index contributed by atoms with van der Waals surface area (Å²) in [6.45, 7) is 0.831. The molecule has 7 heteroatoms.